The lowest BCUT2D eigenvalue weighted by Crippen LogP contribution is -2.57. The van der Waals surface area contributed by atoms with Crippen LogP contribution in [0.1, 0.15) is 79.1 Å². The van der Waals surface area contributed by atoms with Crippen molar-refractivity contribution in [3.8, 4) is 0 Å². The fraction of sp³-hybridized carbons (Fsp3) is 0.909. The zero-order valence-corrected chi connectivity index (χ0v) is 15.9. The van der Waals surface area contributed by atoms with Gasteiger partial charge in [0.1, 0.15) is 11.6 Å². The van der Waals surface area contributed by atoms with Crippen molar-refractivity contribution in [2.75, 3.05) is 0 Å². The van der Waals surface area contributed by atoms with Gasteiger partial charge in [0, 0.05) is 25.2 Å². The molecular weight excluding hydrogens is 296 g/mol. The first-order valence-corrected chi connectivity index (χ1v) is 10.3. The highest BCUT2D eigenvalue weighted by atomic mass is 16.1. The van der Waals surface area contributed by atoms with Gasteiger partial charge in [-0.05, 0) is 72.5 Å². The number of carbonyl (C=O) groups excluding carboxylic acids is 2. The molecule has 2 unspecified atom stereocenters. The Labute approximate surface area is 147 Å². The van der Waals surface area contributed by atoms with Gasteiger partial charge in [-0.2, -0.15) is 0 Å². The largest absolute Gasteiger partial charge is 0.300 e. The molecule has 4 aliphatic rings. The monoisotopic (exact) mass is 330 g/mol. The molecule has 0 aromatic rings. The number of rotatable bonds is 1. The van der Waals surface area contributed by atoms with E-state index >= 15 is 0 Å². The van der Waals surface area contributed by atoms with Crippen molar-refractivity contribution in [2.45, 2.75) is 79.1 Å². The normalized spacial score (nSPS) is 51.3. The zero-order chi connectivity index (χ0) is 17.3. The number of hydrogen-bond donors (Lipinski definition) is 0. The van der Waals surface area contributed by atoms with Crippen LogP contribution < -0.4 is 0 Å². The Hall–Kier alpha value is -0.660. The molecule has 0 N–H and O–H groups in total. The third-order valence-electron chi connectivity index (χ3n) is 9.16. The quantitative estimate of drug-likeness (QED) is 0.674. The van der Waals surface area contributed by atoms with Gasteiger partial charge in [-0.15, -0.1) is 0 Å². The van der Waals surface area contributed by atoms with Crippen LogP contribution >= 0.6 is 0 Å². The predicted octanol–water partition coefficient (Wildman–Crippen LogP) is 5.05. The van der Waals surface area contributed by atoms with E-state index in [1.54, 1.807) is 0 Å². The first-order valence-electron chi connectivity index (χ1n) is 10.3. The summed E-state index contributed by atoms with van der Waals surface area (Å²) in [6.07, 6.45) is 8.21. The molecule has 7 atom stereocenters. The molecule has 0 aromatic heterocycles. The van der Waals surface area contributed by atoms with Gasteiger partial charge in [-0.3, -0.25) is 9.59 Å². The number of fused-ring (bicyclic) bond motifs is 5. The van der Waals surface area contributed by atoms with Gasteiger partial charge in [0.15, 0.2) is 0 Å². The number of Topliss-reactive ketones (excluding diaryl/α,β-unsaturated/α-hetero) is 2. The maximum absolute atomic E-state index is 13.2. The van der Waals surface area contributed by atoms with E-state index in [4.69, 9.17) is 0 Å². The molecule has 24 heavy (non-hydrogen) atoms. The minimum absolute atomic E-state index is 0.240. The van der Waals surface area contributed by atoms with Crippen LogP contribution in [0, 0.1) is 46.3 Å². The molecule has 0 saturated heterocycles. The van der Waals surface area contributed by atoms with Crippen molar-refractivity contribution in [3.63, 3.8) is 0 Å². The van der Waals surface area contributed by atoms with Gasteiger partial charge in [0.25, 0.3) is 0 Å². The van der Waals surface area contributed by atoms with Crippen LogP contribution in [0.2, 0.25) is 0 Å². The topological polar surface area (TPSA) is 34.1 Å². The summed E-state index contributed by atoms with van der Waals surface area (Å²) in [5.41, 5.74) is 0.614. The van der Waals surface area contributed by atoms with Crippen molar-refractivity contribution < 1.29 is 9.59 Å². The molecular formula is C22H34O2. The molecule has 4 saturated carbocycles. The van der Waals surface area contributed by atoms with E-state index in [2.05, 4.69) is 27.7 Å². The van der Waals surface area contributed by atoms with Gasteiger partial charge in [0.05, 0.1) is 0 Å². The summed E-state index contributed by atoms with van der Waals surface area (Å²) in [5, 5.41) is 0. The minimum atomic E-state index is 0.240. The average Bonchev–Trinajstić information content (AvgIpc) is 2.86. The van der Waals surface area contributed by atoms with E-state index in [1.165, 1.54) is 25.7 Å². The highest BCUT2D eigenvalue weighted by Gasteiger charge is 2.62. The molecule has 0 aliphatic heterocycles. The van der Waals surface area contributed by atoms with E-state index in [0.717, 1.165) is 24.7 Å². The molecule has 2 nitrogen and oxygen atoms in total. The summed E-state index contributed by atoms with van der Waals surface area (Å²) in [4.78, 5) is 25.1. The molecule has 134 valence electrons. The molecule has 0 radical (unpaired) electrons. The van der Waals surface area contributed by atoms with Crippen LogP contribution in [0.15, 0.2) is 0 Å². The van der Waals surface area contributed by atoms with Gasteiger partial charge in [0.2, 0.25) is 0 Å². The average molecular weight is 331 g/mol. The molecule has 0 heterocycles. The predicted molar refractivity (Wildman–Crippen MR) is 95.5 cm³/mol. The van der Waals surface area contributed by atoms with Crippen LogP contribution in [0.5, 0.6) is 0 Å². The third-order valence-corrected chi connectivity index (χ3v) is 9.16. The first-order chi connectivity index (χ1) is 11.3. The maximum atomic E-state index is 13.2. The first kappa shape index (κ1) is 16.8. The Balaban J connectivity index is 1.68. The number of ketones is 2. The fourth-order valence-corrected chi connectivity index (χ4v) is 7.86. The second kappa shape index (κ2) is 5.42. The standard InChI is InChI=1S/C22H34O2/c1-13(2)16-5-6-17-20-18(8-10-22(16,17)4)21(3)9-7-15(23)11-14(21)12-19(20)24/h13-14,16-18,20H,5-12H2,1-4H3/t14-,16+,17?,18?,20-,21-,22+/m0/s1. The lowest BCUT2D eigenvalue weighted by atomic mass is 9.44. The van der Waals surface area contributed by atoms with Crippen molar-refractivity contribution in [3.05, 3.63) is 0 Å². The molecule has 4 fully saturated rings. The molecule has 4 aliphatic carbocycles. The summed E-state index contributed by atoms with van der Waals surface area (Å²) in [6.45, 7) is 9.66. The summed E-state index contributed by atoms with van der Waals surface area (Å²) in [5.74, 6) is 4.19. The molecule has 0 aromatic carbocycles. The van der Waals surface area contributed by atoms with Crippen molar-refractivity contribution in [2.24, 2.45) is 46.3 Å². The van der Waals surface area contributed by atoms with Crippen LogP contribution in [0.25, 0.3) is 0 Å². The van der Waals surface area contributed by atoms with E-state index in [0.29, 0.717) is 53.5 Å². The van der Waals surface area contributed by atoms with Crippen LogP contribution in [0.3, 0.4) is 0 Å². The van der Waals surface area contributed by atoms with E-state index < -0.39 is 0 Å². The maximum Gasteiger partial charge on any atom is 0.136 e. The Morgan fingerprint density at radius 3 is 2.33 bits per heavy atom. The highest BCUT2D eigenvalue weighted by molar-refractivity contribution is 5.86. The van der Waals surface area contributed by atoms with Crippen molar-refractivity contribution >= 4 is 11.6 Å². The molecule has 2 heteroatoms. The lowest BCUT2D eigenvalue weighted by molar-refractivity contribution is -0.159. The van der Waals surface area contributed by atoms with Gasteiger partial charge < -0.3 is 0 Å². The Bertz CT molecular complexity index is 564. The van der Waals surface area contributed by atoms with E-state index in [-0.39, 0.29) is 5.41 Å². The van der Waals surface area contributed by atoms with E-state index in [9.17, 15) is 9.59 Å². The third kappa shape index (κ3) is 2.13. The second-order valence-electron chi connectivity index (χ2n) is 10.3. The van der Waals surface area contributed by atoms with Crippen LogP contribution in [-0.4, -0.2) is 11.6 Å². The number of carbonyl (C=O) groups is 2. The molecule has 0 bridgehead atoms. The van der Waals surface area contributed by atoms with Crippen LogP contribution in [0.4, 0.5) is 0 Å². The Morgan fingerprint density at radius 2 is 1.62 bits per heavy atom. The fourth-order valence-electron chi connectivity index (χ4n) is 7.86. The second-order valence-corrected chi connectivity index (χ2v) is 10.3. The Kier molecular flexibility index (Phi) is 3.79. The Morgan fingerprint density at radius 1 is 0.917 bits per heavy atom. The van der Waals surface area contributed by atoms with Crippen molar-refractivity contribution in [1.82, 2.24) is 0 Å². The summed E-state index contributed by atoms with van der Waals surface area (Å²) in [7, 11) is 0. The zero-order valence-electron chi connectivity index (χ0n) is 15.9. The highest BCUT2D eigenvalue weighted by Crippen LogP contribution is 2.67. The lowest BCUT2D eigenvalue weighted by Gasteiger charge is -2.59. The summed E-state index contributed by atoms with van der Waals surface area (Å²) >= 11 is 0. The SMILES string of the molecule is CC(C)[C@H]1CCC2[C@@H]3C(=O)C[C@@H]4CC(=O)CC[C@]4(C)C3CC[C@@]21C. The molecule has 4 rings (SSSR count). The smallest absolute Gasteiger partial charge is 0.136 e. The number of hydrogen-bond acceptors (Lipinski definition) is 2. The minimum Gasteiger partial charge on any atom is -0.300 e. The van der Waals surface area contributed by atoms with E-state index in [1.807, 2.05) is 0 Å². The summed E-state index contributed by atoms with van der Waals surface area (Å²) < 4.78 is 0. The van der Waals surface area contributed by atoms with Crippen LogP contribution in [-0.2, 0) is 9.59 Å². The molecule has 0 spiro atoms. The molecule has 0 amide bonds. The van der Waals surface area contributed by atoms with Crippen molar-refractivity contribution in [1.29, 1.82) is 0 Å². The summed E-state index contributed by atoms with van der Waals surface area (Å²) in [6, 6.07) is 0. The van der Waals surface area contributed by atoms with Gasteiger partial charge in [-0.25, -0.2) is 0 Å². The van der Waals surface area contributed by atoms with Gasteiger partial charge >= 0.3 is 0 Å². The van der Waals surface area contributed by atoms with Gasteiger partial charge in [-0.1, -0.05) is 27.7 Å².